The number of Topliss-reactive ketones (excluding diaryl/α,β-unsaturated/α-hetero) is 2. The lowest BCUT2D eigenvalue weighted by molar-refractivity contribution is 0.0684. The number of alkyl halides is 1. The van der Waals surface area contributed by atoms with Crippen LogP contribution in [0.1, 0.15) is 27.6 Å². The van der Waals surface area contributed by atoms with Crippen LogP contribution in [0.4, 0.5) is 22.0 Å². The van der Waals surface area contributed by atoms with Gasteiger partial charge in [-0.2, -0.15) is 0 Å². The van der Waals surface area contributed by atoms with Crippen LogP contribution in [-0.2, 0) is 0 Å². The van der Waals surface area contributed by atoms with Crippen LogP contribution < -0.4 is 0 Å². The molecular formula is C11H5F5O2. The lowest BCUT2D eigenvalue weighted by Crippen LogP contribution is -2.38. The molecule has 0 N–H and O–H groups in total. The number of benzene rings is 1. The van der Waals surface area contributed by atoms with Crippen LogP contribution in [0.3, 0.4) is 0 Å². The van der Waals surface area contributed by atoms with Gasteiger partial charge in [0.05, 0.1) is 17.0 Å². The molecule has 0 bridgehead atoms. The predicted octanol–water partition coefficient (Wildman–Crippen LogP) is 2.60. The Kier molecular flexibility index (Phi) is 2.71. The minimum atomic E-state index is -2.40. The highest BCUT2D eigenvalue weighted by atomic mass is 19.2. The SMILES string of the molecule is C[C@@H]1C(=O)c2c(F)c(F)c(F)c(F)c2C(=O)[C@H]1F. The molecule has 96 valence electrons. The van der Waals surface area contributed by atoms with E-state index < -0.39 is 58.1 Å². The molecule has 1 aromatic rings. The zero-order chi connectivity index (χ0) is 13.8. The van der Waals surface area contributed by atoms with Crippen LogP contribution >= 0.6 is 0 Å². The first kappa shape index (κ1) is 12.7. The molecule has 1 aliphatic carbocycles. The van der Waals surface area contributed by atoms with Crippen molar-refractivity contribution < 1.29 is 31.5 Å². The molecule has 1 aromatic carbocycles. The van der Waals surface area contributed by atoms with Gasteiger partial charge in [-0.1, -0.05) is 6.92 Å². The van der Waals surface area contributed by atoms with Gasteiger partial charge in [-0.05, 0) is 0 Å². The molecule has 0 aromatic heterocycles. The van der Waals surface area contributed by atoms with Crippen molar-refractivity contribution in [1.29, 1.82) is 0 Å². The maximum Gasteiger partial charge on any atom is 0.201 e. The highest BCUT2D eigenvalue weighted by Gasteiger charge is 2.45. The van der Waals surface area contributed by atoms with Crippen molar-refractivity contribution in [1.82, 2.24) is 0 Å². The second kappa shape index (κ2) is 3.86. The van der Waals surface area contributed by atoms with Crippen LogP contribution in [-0.4, -0.2) is 17.7 Å². The first-order valence-electron chi connectivity index (χ1n) is 4.87. The Hall–Kier alpha value is -1.79. The summed E-state index contributed by atoms with van der Waals surface area (Å²) >= 11 is 0. The van der Waals surface area contributed by atoms with E-state index in [4.69, 9.17) is 0 Å². The molecule has 2 nitrogen and oxygen atoms in total. The van der Waals surface area contributed by atoms with Crippen LogP contribution in [0.25, 0.3) is 0 Å². The number of hydrogen-bond acceptors (Lipinski definition) is 2. The Balaban J connectivity index is 2.89. The summed E-state index contributed by atoms with van der Waals surface area (Å²) < 4.78 is 66.0. The van der Waals surface area contributed by atoms with Gasteiger partial charge in [-0.25, -0.2) is 22.0 Å². The molecule has 1 aliphatic rings. The van der Waals surface area contributed by atoms with E-state index in [1.165, 1.54) is 0 Å². The number of carbonyl (C=O) groups excluding carboxylic acids is 2. The molecule has 0 radical (unpaired) electrons. The van der Waals surface area contributed by atoms with Gasteiger partial charge in [-0.15, -0.1) is 0 Å². The Labute approximate surface area is 97.4 Å². The number of rotatable bonds is 0. The molecule has 0 saturated carbocycles. The largest absolute Gasteiger partial charge is 0.294 e. The molecule has 0 fully saturated rings. The third kappa shape index (κ3) is 1.39. The van der Waals surface area contributed by atoms with Gasteiger partial charge in [0.2, 0.25) is 5.78 Å². The first-order chi connectivity index (χ1) is 8.29. The smallest absolute Gasteiger partial charge is 0.201 e. The first-order valence-corrected chi connectivity index (χ1v) is 4.87. The summed E-state index contributed by atoms with van der Waals surface area (Å²) in [7, 11) is 0. The van der Waals surface area contributed by atoms with E-state index in [9.17, 15) is 31.5 Å². The Morgan fingerprint density at radius 2 is 1.17 bits per heavy atom. The van der Waals surface area contributed by atoms with Gasteiger partial charge in [-0.3, -0.25) is 9.59 Å². The molecular weight excluding hydrogens is 259 g/mol. The monoisotopic (exact) mass is 264 g/mol. The number of hydrogen-bond donors (Lipinski definition) is 0. The summed E-state index contributed by atoms with van der Waals surface area (Å²) in [5, 5.41) is 0. The van der Waals surface area contributed by atoms with E-state index in [0.717, 1.165) is 6.92 Å². The molecule has 7 heteroatoms. The minimum Gasteiger partial charge on any atom is -0.294 e. The average molecular weight is 264 g/mol. The van der Waals surface area contributed by atoms with Crippen molar-refractivity contribution in [2.45, 2.75) is 13.1 Å². The molecule has 0 aliphatic heterocycles. The van der Waals surface area contributed by atoms with E-state index in [0.29, 0.717) is 0 Å². The lowest BCUT2D eigenvalue weighted by Gasteiger charge is -2.23. The Morgan fingerprint density at radius 3 is 1.61 bits per heavy atom. The summed E-state index contributed by atoms with van der Waals surface area (Å²) in [5.74, 6) is -12.9. The lowest BCUT2D eigenvalue weighted by atomic mass is 9.81. The fourth-order valence-electron chi connectivity index (χ4n) is 1.82. The summed E-state index contributed by atoms with van der Waals surface area (Å²) in [4.78, 5) is 22.9. The van der Waals surface area contributed by atoms with E-state index >= 15 is 0 Å². The summed E-state index contributed by atoms with van der Waals surface area (Å²) in [5.41, 5.74) is -2.58. The second-order valence-electron chi connectivity index (χ2n) is 3.92. The van der Waals surface area contributed by atoms with Crippen molar-refractivity contribution >= 4 is 11.6 Å². The van der Waals surface area contributed by atoms with Crippen LogP contribution in [0.5, 0.6) is 0 Å². The molecule has 2 rings (SSSR count). The van der Waals surface area contributed by atoms with Crippen LogP contribution in [0.15, 0.2) is 0 Å². The van der Waals surface area contributed by atoms with Gasteiger partial charge in [0.15, 0.2) is 35.2 Å². The predicted molar refractivity (Wildman–Crippen MR) is 49.0 cm³/mol. The third-order valence-corrected chi connectivity index (χ3v) is 2.86. The molecule has 18 heavy (non-hydrogen) atoms. The van der Waals surface area contributed by atoms with Crippen molar-refractivity contribution in [3.05, 3.63) is 34.4 Å². The van der Waals surface area contributed by atoms with E-state index in [2.05, 4.69) is 0 Å². The van der Waals surface area contributed by atoms with Crippen LogP contribution in [0.2, 0.25) is 0 Å². The standard InChI is InChI=1S/C11H5F5O2/c1-2-5(12)11(18)4-3(10(2)17)6(13)8(15)9(16)7(4)14/h2,5H,1H3/t2-,5-/m0/s1. The van der Waals surface area contributed by atoms with Crippen molar-refractivity contribution in [2.75, 3.05) is 0 Å². The normalized spacial score (nSPS) is 23.2. The van der Waals surface area contributed by atoms with Gasteiger partial charge in [0.1, 0.15) is 0 Å². The average Bonchev–Trinajstić information content (AvgIpc) is 2.35. The minimum absolute atomic E-state index is 0.979. The van der Waals surface area contributed by atoms with Crippen LogP contribution in [0, 0.1) is 29.2 Å². The van der Waals surface area contributed by atoms with Crippen molar-refractivity contribution in [3.63, 3.8) is 0 Å². The zero-order valence-corrected chi connectivity index (χ0v) is 8.86. The van der Waals surface area contributed by atoms with Gasteiger partial charge < -0.3 is 0 Å². The highest BCUT2D eigenvalue weighted by molar-refractivity contribution is 6.17. The third-order valence-electron chi connectivity index (χ3n) is 2.86. The number of halogens is 5. The zero-order valence-electron chi connectivity index (χ0n) is 8.86. The van der Waals surface area contributed by atoms with Crippen molar-refractivity contribution in [3.8, 4) is 0 Å². The second-order valence-corrected chi connectivity index (χ2v) is 3.92. The Morgan fingerprint density at radius 1 is 0.778 bits per heavy atom. The number of fused-ring (bicyclic) bond motifs is 1. The molecule has 0 saturated heterocycles. The topological polar surface area (TPSA) is 34.1 Å². The molecule has 0 amide bonds. The van der Waals surface area contributed by atoms with Gasteiger partial charge in [0.25, 0.3) is 0 Å². The Bertz CT molecular complexity index is 531. The van der Waals surface area contributed by atoms with Crippen molar-refractivity contribution in [2.24, 2.45) is 5.92 Å². The molecule has 0 spiro atoms. The summed E-state index contributed by atoms with van der Waals surface area (Å²) in [6, 6.07) is 0. The molecule has 2 atom stereocenters. The summed E-state index contributed by atoms with van der Waals surface area (Å²) in [6.45, 7) is 0.979. The quantitative estimate of drug-likeness (QED) is 0.410. The van der Waals surface area contributed by atoms with E-state index in [1.54, 1.807) is 0 Å². The number of ketones is 2. The molecule has 0 heterocycles. The van der Waals surface area contributed by atoms with Gasteiger partial charge in [0, 0.05) is 0 Å². The fourth-order valence-corrected chi connectivity index (χ4v) is 1.82. The highest BCUT2D eigenvalue weighted by Crippen LogP contribution is 2.33. The van der Waals surface area contributed by atoms with Gasteiger partial charge >= 0.3 is 0 Å². The molecule has 0 unspecified atom stereocenters. The maximum atomic E-state index is 13.4. The van der Waals surface area contributed by atoms with E-state index in [-0.39, 0.29) is 0 Å². The van der Waals surface area contributed by atoms with E-state index in [1.807, 2.05) is 0 Å². The summed E-state index contributed by atoms with van der Waals surface area (Å²) in [6.07, 6.45) is -2.40. The number of carbonyl (C=O) groups is 2. The maximum absolute atomic E-state index is 13.4. The fraction of sp³-hybridized carbons (Fsp3) is 0.273.